The van der Waals surface area contributed by atoms with E-state index in [2.05, 4.69) is 4.98 Å². The molecule has 0 aliphatic heterocycles. The number of fused-ring (bicyclic) bond motifs is 1. The fraction of sp³-hybridized carbons (Fsp3) is 0.167. The number of carbonyl (C=O) groups is 1. The summed E-state index contributed by atoms with van der Waals surface area (Å²) in [6, 6.07) is 7.28. The lowest BCUT2D eigenvalue weighted by Crippen LogP contribution is -2.00. The van der Waals surface area contributed by atoms with E-state index < -0.39 is 5.97 Å². The van der Waals surface area contributed by atoms with Gasteiger partial charge in [-0.1, -0.05) is 0 Å². The Morgan fingerprint density at radius 3 is 2.94 bits per heavy atom. The normalized spacial score (nSPS) is 10.2. The van der Waals surface area contributed by atoms with E-state index in [4.69, 9.17) is 10.4 Å². The predicted molar refractivity (Wildman–Crippen MR) is 59.1 cm³/mol. The molecule has 80 valence electrons. The van der Waals surface area contributed by atoms with Crippen molar-refractivity contribution in [3.63, 3.8) is 0 Å². The van der Waals surface area contributed by atoms with Crippen LogP contribution >= 0.6 is 0 Å². The number of nitrogens with zero attached hydrogens (tertiary/aromatic N) is 1. The maximum absolute atomic E-state index is 10.7. The van der Waals surface area contributed by atoms with Gasteiger partial charge in [0, 0.05) is 16.6 Å². The van der Waals surface area contributed by atoms with Crippen LogP contribution in [0.15, 0.2) is 18.2 Å². The van der Waals surface area contributed by atoms with Gasteiger partial charge in [-0.3, -0.25) is 4.79 Å². The van der Waals surface area contributed by atoms with Crippen LogP contribution in [-0.4, -0.2) is 16.1 Å². The van der Waals surface area contributed by atoms with E-state index in [1.165, 1.54) is 0 Å². The Labute approximate surface area is 92.1 Å². The second-order valence-electron chi connectivity index (χ2n) is 3.67. The van der Waals surface area contributed by atoms with Gasteiger partial charge in [-0.05, 0) is 30.7 Å². The third-order valence-electron chi connectivity index (χ3n) is 2.58. The topological polar surface area (TPSA) is 76.9 Å². The molecule has 2 aromatic rings. The summed E-state index contributed by atoms with van der Waals surface area (Å²) in [6.45, 7) is 1.84. The Morgan fingerprint density at radius 2 is 2.31 bits per heavy atom. The monoisotopic (exact) mass is 214 g/mol. The Balaban J connectivity index is 2.66. The summed E-state index contributed by atoms with van der Waals surface area (Å²) >= 11 is 0. The summed E-state index contributed by atoms with van der Waals surface area (Å²) < 4.78 is 0. The predicted octanol–water partition coefficient (Wildman–Crippen LogP) is 1.98. The lowest BCUT2D eigenvalue weighted by atomic mass is 10.1. The fourth-order valence-corrected chi connectivity index (χ4v) is 1.83. The lowest BCUT2D eigenvalue weighted by molar-refractivity contribution is -0.136. The molecule has 1 heterocycles. The van der Waals surface area contributed by atoms with Gasteiger partial charge in [-0.25, -0.2) is 0 Å². The Kier molecular flexibility index (Phi) is 2.37. The third kappa shape index (κ3) is 1.63. The molecule has 1 aromatic heterocycles. The van der Waals surface area contributed by atoms with Crippen molar-refractivity contribution < 1.29 is 9.90 Å². The van der Waals surface area contributed by atoms with Crippen LogP contribution in [-0.2, 0) is 11.2 Å². The molecule has 0 atom stereocenters. The standard InChI is InChI=1S/C12H10N2O2/c1-7-9(5-12(15)16)10-4-8(6-13)2-3-11(10)14-7/h2-4,14H,5H2,1H3,(H,15,16). The largest absolute Gasteiger partial charge is 0.481 e. The van der Waals surface area contributed by atoms with E-state index in [0.717, 1.165) is 22.2 Å². The van der Waals surface area contributed by atoms with Crippen molar-refractivity contribution in [1.29, 1.82) is 5.26 Å². The first kappa shape index (κ1) is 10.2. The summed E-state index contributed by atoms with van der Waals surface area (Å²) in [5, 5.41) is 18.4. The molecule has 0 bridgehead atoms. The van der Waals surface area contributed by atoms with Crippen LogP contribution in [0.5, 0.6) is 0 Å². The van der Waals surface area contributed by atoms with E-state index >= 15 is 0 Å². The first-order chi connectivity index (χ1) is 7.61. The van der Waals surface area contributed by atoms with Crippen molar-refractivity contribution in [2.75, 3.05) is 0 Å². The molecule has 0 saturated heterocycles. The minimum Gasteiger partial charge on any atom is -0.481 e. The van der Waals surface area contributed by atoms with E-state index in [0.29, 0.717) is 5.56 Å². The van der Waals surface area contributed by atoms with Crippen molar-refractivity contribution in [3.05, 3.63) is 35.0 Å². The summed E-state index contributed by atoms with van der Waals surface area (Å²) in [6.07, 6.45) is -0.0271. The first-order valence-corrected chi connectivity index (χ1v) is 4.85. The van der Waals surface area contributed by atoms with Crippen molar-refractivity contribution in [3.8, 4) is 6.07 Å². The number of hydrogen-bond donors (Lipinski definition) is 2. The van der Waals surface area contributed by atoms with Crippen LogP contribution in [0, 0.1) is 18.3 Å². The summed E-state index contributed by atoms with van der Waals surface area (Å²) in [4.78, 5) is 13.8. The number of rotatable bonds is 2. The average molecular weight is 214 g/mol. The average Bonchev–Trinajstić information content (AvgIpc) is 2.54. The quantitative estimate of drug-likeness (QED) is 0.802. The second-order valence-corrected chi connectivity index (χ2v) is 3.67. The van der Waals surface area contributed by atoms with Gasteiger partial charge < -0.3 is 10.1 Å². The summed E-state index contributed by atoms with van der Waals surface area (Å²) in [5.41, 5.74) is 3.00. The third-order valence-corrected chi connectivity index (χ3v) is 2.58. The molecule has 0 unspecified atom stereocenters. The Bertz CT molecular complexity index is 605. The minimum absolute atomic E-state index is 0.0271. The zero-order chi connectivity index (χ0) is 11.7. The first-order valence-electron chi connectivity index (χ1n) is 4.85. The summed E-state index contributed by atoms with van der Waals surface area (Å²) in [7, 11) is 0. The molecule has 2 N–H and O–H groups in total. The number of aromatic amines is 1. The molecule has 0 aliphatic rings. The van der Waals surface area contributed by atoms with Crippen LogP contribution in [0.25, 0.3) is 10.9 Å². The number of aryl methyl sites for hydroxylation is 1. The maximum Gasteiger partial charge on any atom is 0.307 e. The van der Waals surface area contributed by atoms with Crippen molar-refractivity contribution in [1.82, 2.24) is 4.98 Å². The number of nitrogens with one attached hydrogen (secondary N) is 1. The van der Waals surface area contributed by atoms with Gasteiger partial charge in [0.25, 0.3) is 0 Å². The van der Waals surface area contributed by atoms with Crippen LogP contribution in [0.3, 0.4) is 0 Å². The Morgan fingerprint density at radius 1 is 1.56 bits per heavy atom. The van der Waals surface area contributed by atoms with Crippen LogP contribution in [0.4, 0.5) is 0 Å². The molecule has 0 aliphatic carbocycles. The molecule has 2 rings (SSSR count). The van der Waals surface area contributed by atoms with Gasteiger partial charge in [-0.2, -0.15) is 5.26 Å². The van der Waals surface area contributed by atoms with E-state index in [1.807, 2.05) is 13.0 Å². The van der Waals surface area contributed by atoms with Gasteiger partial charge in [0.1, 0.15) is 0 Å². The smallest absolute Gasteiger partial charge is 0.307 e. The number of carboxylic acid groups (broad SMARTS) is 1. The number of H-pyrrole nitrogens is 1. The molecule has 0 spiro atoms. The highest BCUT2D eigenvalue weighted by Gasteiger charge is 2.11. The molecule has 1 aromatic carbocycles. The van der Waals surface area contributed by atoms with Crippen molar-refractivity contribution in [2.24, 2.45) is 0 Å². The van der Waals surface area contributed by atoms with Crippen LogP contribution in [0.1, 0.15) is 16.8 Å². The lowest BCUT2D eigenvalue weighted by Gasteiger charge is -1.96. The molecule has 4 heteroatoms. The van der Waals surface area contributed by atoms with Gasteiger partial charge in [0.15, 0.2) is 0 Å². The van der Waals surface area contributed by atoms with Gasteiger partial charge in [-0.15, -0.1) is 0 Å². The molecular weight excluding hydrogens is 204 g/mol. The molecule has 4 nitrogen and oxygen atoms in total. The molecule has 0 radical (unpaired) electrons. The number of nitriles is 1. The molecule has 16 heavy (non-hydrogen) atoms. The highest BCUT2D eigenvalue weighted by Crippen LogP contribution is 2.23. The highest BCUT2D eigenvalue weighted by molar-refractivity contribution is 5.89. The summed E-state index contributed by atoms with van der Waals surface area (Å²) in [5.74, 6) is -0.869. The fourth-order valence-electron chi connectivity index (χ4n) is 1.83. The zero-order valence-electron chi connectivity index (χ0n) is 8.74. The molecule has 0 amide bonds. The number of carboxylic acids is 1. The van der Waals surface area contributed by atoms with Gasteiger partial charge in [0.05, 0.1) is 18.1 Å². The SMILES string of the molecule is Cc1[nH]c2ccc(C#N)cc2c1CC(=O)O. The van der Waals surface area contributed by atoms with Gasteiger partial charge >= 0.3 is 5.97 Å². The molecule has 0 saturated carbocycles. The van der Waals surface area contributed by atoms with Crippen molar-refractivity contribution in [2.45, 2.75) is 13.3 Å². The number of benzene rings is 1. The molecular formula is C12H10N2O2. The maximum atomic E-state index is 10.7. The van der Waals surface area contributed by atoms with E-state index in [1.54, 1.807) is 18.2 Å². The van der Waals surface area contributed by atoms with Crippen LogP contribution < -0.4 is 0 Å². The minimum atomic E-state index is -0.869. The zero-order valence-corrected chi connectivity index (χ0v) is 8.74. The Hall–Kier alpha value is -2.28. The molecule has 0 fully saturated rings. The number of aliphatic carboxylic acids is 1. The van der Waals surface area contributed by atoms with Crippen molar-refractivity contribution >= 4 is 16.9 Å². The van der Waals surface area contributed by atoms with Crippen LogP contribution in [0.2, 0.25) is 0 Å². The number of hydrogen-bond acceptors (Lipinski definition) is 2. The second kappa shape index (κ2) is 3.70. The number of aromatic nitrogens is 1. The van der Waals surface area contributed by atoms with E-state index in [9.17, 15) is 4.79 Å². The van der Waals surface area contributed by atoms with Gasteiger partial charge in [0.2, 0.25) is 0 Å². The highest BCUT2D eigenvalue weighted by atomic mass is 16.4. The van der Waals surface area contributed by atoms with E-state index in [-0.39, 0.29) is 6.42 Å².